The number of aromatic nitrogens is 2. The number of amides is 2. The number of anilines is 2. The summed E-state index contributed by atoms with van der Waals surface area (Å²) in [4.78, 5) is 27.7. The fourth-order valence-electron chi connectivity index (χ4n) is 2.54. The molecule has 2 amide bonds. The minimum atomic E-state index is -0.128. The van der Waals surface area contributed by atoms with Gasteiger partial charge in [-0.2, -0.15) is 0 Å². The number of aryl methyl sites for hydroxylation is 2. The molecule has 2 heterocycles. The quantitative estimate of drug-likeness (QED) is 0.728. The lowest BCUT2D eigenvalue weighted by molar-refractivity contribution is -0.116. The highest BCUT2D eigenvalue weighted by atomic mass is 32.1. The first-order valence-corrected chi connectivity index (χ1v) is 8.64. The summed E-state index contributed by atoms with van der Waals surface area (Å²) in [6, 6.07) is 5.44. The lowest BCUT2D eigenvalue weighted by Crippen LogP contribution is -2.12. The molecule has 0 bridgehead atoms. The third kappa shape index (κ3) is 4.03. The lowest BCUT2D eigenvalue weighted by Gasteiger charge is -2.01. The van der Waals surface area contributed by atoms with Gasteiger partial charge in [-0.25, -0.2) is 4.98 Å². The number of hydrogen-bond donors (Lipinski definition) is 2. The van der Waals surface area contributed by atoms with Gasteiger partial charge in [-0.1, -0.05) is 16.5 Å². The summed E-state index contributed by atoms with van der Waals surface area (Å²) in [5, 5.41) is 9.98. The molecule has 2 N–H and O–H groups in total. The van der Waals surface area contributed by atoms with Crippen LogP contribution in [0.1, 0.15) is 30.4 Å². The van der Waals surface area contributed by atoms with Crippen LogP contribution in [-0.4, -0.2) is 22.0 Å². The Labute approximate surface area is 148 Å². The number of benzene rings is 1. The Bertz CT molecular complexity index is 925. The highest BCUT2D eigenvalue weighted by molar-refractivity contribution is 7.22. The van der Waals surface area contributed by atoms with Crippen LogP contribution in [0.2, 0.25) is 0 Å². The fourth-order valence-corrected chi connectivity index (χ4v) is 3.46. The first kappa shape index (κ1) is 17.1. The van der Waals surface area contributed by atoms with E-state index in [1.165, 1.54) is 18.3 Å². The monoisotopic (exact) mass is 358 g/mol. The van der Waals surface area contributed by atoms with Crippen molar-refractivity contribution in [3.63, 3.8) is 0 Å². The number of fused-ring (bicyclic) bond motifs is 1. The molecule has 0 aliphatic rings. The molecule has 3 aromatic rings. The molecule has 25 heavy (non-hydrogen) atoms. The topological polar surface area (TPSA) is 97.1 Å². The summed E-state index contributed by atoms with van der Waals surface area (Å²) in [5.41, 5.74) is 3.27. The second kappa shape index (κ2) is 7.02. The third-order valence-electron chi connectivity index (χ3n) is 3.74. The fraction of sp³-hybridized carbons (Fsp3) is 0.294. The molecule has 8 heteroatoms. The van der Waals surface area contributed by atoms with Crippen molar-refractivity contribution >= 4 is 44.2 Å². The van der Waals surface area contributed by atoms with E-state index in [2.05, 4.69) is 20.8 Å². The van der Waals surface area contributed by atoms with Gasteiger partial charge in [0, 0.05) is 24.6 Å². The number of thiazole rings is 1. The standard InChI is InChI=1S/C17H18N4O3S/c1-9-13(10(2)24-21-9)5-7-16(23)20-17-19-14-6-4-12(18-11(3)22)8-15(14)25-17/h4,6,8H,5,7H2,1-3H3,(H,18,22)(H,19,20,23). The number of carbonyl (C=O) groups is 2. The molecule has 0 saturated heterocycles. The Kier molecular flexibility index (Phi) is 4.80. The summed E-state index contributed by atoms with van der Waals surface area (Å²) in [7, 11) is 0. The third-order valence-corrected chi connectivity index (χ3v) is 4.67. The van der Waals surface area contributed by atoms with Crippen molar-refractivity contribution in [2.45, 2.75) is 33.6 Å². The smallest absolute Gasteiger partial charge is 0.226 e. The average Bonchev–Trinajstić information content (AvgIpc) is 3.07. The average molecular weight is 358 g/mol. The number of carbonyl (C=O) groups excluding carboxylic acids is 2. The molecule has 0 aliphatic heterocycles. The lowest BCUT2D eigenvalue weighted by atomic mass is 10.1. The van der Waals surface area contributed by atoms with Crippen molar-refractivity contribution in [3.8, 4) is 0 Å². The molecule has 0 spiro atoms. The maximum Gasteiger partial charge on any atom is 0.226 e. The highest BCUT2D eigenvalue weighted by Gasteiger charge is 2.13. The number of hydrogen-bond acceptors (Lipinski definition) is 6. The van der Waals surface area contributed by atoms with E-state index in [9.17, 15) is 9.59 Å². The number of nitrogens with zero attached hydrogens (tertiary/aromatic N) is 2. The van der Waals surface area contributed by atoms with Crippen molar-refractivity contribution in [3.05, 3.63) is 35.2 Å². The zero-order chi connectivity index (χ0) is 18.0. The van der Waals surface area contributed by atoms with E-state index in [4.69, 9.17) is 4.52 Å². The van der Waals surface area contributed by atoms with Crippen LogP contribution in [0.5, 0.6) is 0 Å². The van der Waals surface area contributed by atoms with Gasteiger partial charge in [-0.3, -0.25) is 9.59 Å². The maximum absolute atomic E-state index is 12.2. The van der Waals surface area contributed by atoms with Crippen molar-refractivity contribution in [1.29, 1.82) is 0 Å². The van der Waals surface area contributed by atoms with Gasteiger partial charge in [0.25, 0.3) is 0 Å². The zero-order valence-electron chi connectivity index (χ0n) is 14.2. The van der Waals surface area contributed by atoms with Gasteiger partial charge in [-0.15, -0.1) is 0 Å². The van der Waals surface area contributed by atoms with E-state index in [1.54, 1.807) is 6.07 Å². The van der Waals surface area contributed by atoms with Crippen LogP contribution < -0.4 is 10.6 Å². The first-order valence-electron chi connectivity index (χ1n) is 7.82. The van der Waals surface area contributed by atoms with E-state index in [0.717, 1.165) is 27.2 Å². The zero-order valence-corrected chi connectivity index (χ0v) is 15.0. The Morgan fingerprint density at radius 2 is 2.04 bits per heavy atom. The minimum Gasteiger partial charge on any atom is -0.361 e. The Morgan fingerprint density at radius 1 is 1.24 bits per heavy atom. The van der Waals surface area contributed by atoms with E-state index in [0.29, 0.717) is 23.7 Å². The van der Waals surface area contributed by atoms with Gasteiger partial charge in [0.05, 0.1) is 15.9 Å². The van der Waals surface area contributed by atoms with E-state index >= 15 is 0 Å². The van der Waals surface area contributed by atoms with Crippen LogP contribution in [0.3, 0.4) is 0 Å². The largest absolute Gasteiger partial charge is 0.361 e. The first-order chi connectivity index (χ1) is 11.9. The van der Waals surface area contributed by atoms with Crippen LogP contribution in [0.25, 0.3) is 10.2 Å². The van der Waals surface area contributed by atoms with Gasteiger partial charge in [-0.05, 0) is 38.5 Å². The van der Waals surface area contributed by atoms with Crippen molar-refractivity contribution < 1.29 is 14.1 Å². The normalized spacial score (nSPS) is 10.8. The Hall–Kier alpha value is -2.74. The van der Waals surface area contributed by atoms with Crippen LogP contribution >= 0.6 is 11.3 Å². The van der Waals surface area contributed by atoms with Crippen molar-refractivity contribution in [1.82, 2.24) is 10.1 Å². The minimum absolute atomic E-state index is 0.110. The molecule has 0 saturated carbocycles. The molecule has 3 rings (SSSR count). The molecule has 1 aromatic carbocycles. The van der Waals surface area contributed by atoms with Crippen LogP contribution in [0.15, 0.2) is 22.7 Å². The Balaban J connectivity index is 1.65. The summed E-state index contributed by atoms with van der Waals surface area (Å²) < 4.78 is 6.00. The predicted molar refractivity (Wildman–Crippen MR) is 96.9 cm³/mol. The van der Waals surface area contributed by atoms with E-state index < -0.39 is 0 Å². The van der Waals surface area contributed by atoms with Gasteiger partial charge in [0.2, 0.25) is 11.8 Å². The summed E-state index contributed by atoms with van der Waals surface area (Å²) in [5.74, 6) is 0.508. The Morgan fingerprint density at radius 3 is 2.72 bits per heavy atom. The van der Waals surface area contributed by atoms with Crippen LogP contribution in [-0.2, 0) is 16.0 Å². The molecular weight excluding hydrogens is 340 g/mol. The molecule has 7 nitrogen and oxygen atoms in total. The molecule has 0 atom stereocenters. The maximum atomic E-state index is 12.2. The molecular formula is C17H18N4O3S. The van der Waals surface area contributed by atoms with Crippen LogP contribution in [0, 0.1) is 13.8 Å². The SMILES string of the molecule is CC(=O)Nc1ccc2nc(NC(=O)CCc3c(C)noc3C)sc2c1. The summed E-state index contributed by atoms with van der Waals surface area (Å²) in [6.07, 6.45) is 0.903. The molecule has 2 aromatic heterocycles. The molecule has 0 fully saturated rings. The molecule has 0 unspecified atom stereocenters. The van der Waals surface area contributed by atoms with Gasteiger partial charge in [0.1, 0.15) is 5.76 Å². The van der Waals surface area contributed by atoms with Gasteiger partial charge >= 0.3 is 0 Å². The number of nitrogens with one attached hydrogen (secondary N) is 2. The second-order valence-electron chi connectivity index (χ2n) is 5.73. The van der Waals surface area contributed by atoms with Crippen molar-refractivity contribution in [2.24, 2.45) is 0 Å². The van der Waals surface area contributed by atoms with E-state index in [1.807, 2.05) is 26.0 Å². The highest BCUT2D eigenvalue weighted by Crippen LogP contribution is 2.28. The van der Waals surface area contributed by atoms with Gasteiger partial charge < -0.3 is 15.2 Å². The molecule has 0 radical (unpaired) electrons. The molecule has 0 aliphatic carbocycles. The van der Waals surface area contributed by atoms with Crippen molar-refractivity contribution in [2.75, 3.05) is 10.6 Å². The van der Waals surface area contributed by atoms with Gasteiger partial charge in [0.15, 0.2) is 5.13 Å². The summed E-state index contributed by atoms with van der Waals surface area (Å²) >= 11 is 1.37. The number of rotatable bonds is 5. The summed E-state index contributed by atoms with van der Waals surface area (Å²) in [6.45, 7) is 5.17. The molecule has 130 valence electrons. The predicted octanol–water partition coefficient (Wildman–Crippen LogP) is 3.43. The second-order valence-corrected chi connectivity index (χ2v) is 6.76. The van der Waals surface area contributed by atoms with E-state index in [-0.39, 0.29) is 11.8 Å². The van der Waals surface area contributed by atoms with Crippen LogP contribution in [0.4, 0.5) is 10.8 Å².